The minimum absolute atomic E-state index is 0.0362. The summed E-state index contributed by atoms with van der Waals surface area (Å²) in [7, 11) is 2.09. The predicted molar refractivity (Wildman–Crippen MR) is 97.0 cm³/mol. The lowest BCUT2D eigenvalue weighted by Crippen LogP contribution is -2.26. The number of pyridine rings is 1. The minimum Gasteiger partial charge on any atom is -0.353 e. The summed E-state index contributed by atoms with van der Waals surface area (Å²) in [6.07, 6.45) is 6.17. The molecule has 0 aromatic carbocycles. The Bertz CT molecular complexity index is 946. The van der Waals surface area contributed by atoms with Gasteiger partial charge in [-0.25, -0.2) is 4.98 Å². The van der Waals surface area contributed by atoms with Crippen molar-refractivity contribution in [2.24, 2.45) is 7.05 Å². The first kappa shape index (κ1) is 15.6. The van der Waals surface area contributed by atoms with E-state index in [2.05, 4.69) is 55.8 Å². The highest BCUT2D eigenvalue weighted by Crippen LogP contribution is 2.32. The molecule has 4 rings (SSSR count). The van der Waals surface area contributed by atoms with Crippen molar-refractivity contribution in [3.05, 3.63) is 68.9 Å². The Morgan fingerprint density at radius 3 is 3.00 bits per heavy atom. The summed E-state index contributed by atoms with van der Waals surface area (Å²) in [6, 6.07) is 10.1. The van der Waals surface area contributed by atoms with Crippen LogP contribution in [0.1, 0.15) is 30.3 Å². The molecule has 1 atom stereocenters. The Morgan fingerprint density at radius 1 is 1.33 bits per heavy atom. The first-order valence-electron chi connectivity index (χ1n) is 8.15. The van der Waals surface area contributed by atoms with Gasteiger partial charge >= 0.3 is 0 Å². The summed E-state index contributed by atoms with van der Waals surface area (Å²) >= 11 is 3.39. The van der Waals surface area contributed by atoms with Crippen molar-refractivity contribution in [2.75, 3.05) is 6.54 Å². The standard InChI is InChI=1S/C18H19BrN4O/c1-21-8-2-4-15(21)16-5-3-9-22(16)12-14-10-18(24)23-11-13(19)6-7-17(23)20-14/h2,4,6-8,10-11,16H,3,5,9,12H2,1H3/t16-/m1/s1. The number of fused-ring (bicyclic) bond motifs is 1. The van der Waals surface area contributed by atoms with Crippen molar-refractivity contribution in [3.63, 3.8) is 0 Å². The summed E-state index contributed by atoms with van der Waals surface area (Å²) in [5.74, 6) is 0. The zero-order valence-electron chi connectivity index (χ0n) is 13.5. The molecule has 3 aromatic rings. The molecule has 1 aliphatic rings. The maximum absolute atomic E-state index is 12.4. The van der Waals surface area contributed by atoms with Crippen LogP contribution in [0.2, 0.25) is 0 Å². The molecule has 1 saturated heterocycles. The summed E-state index contributed by atoms with van der Waals surface area (Å²) in [4.78, 5) is 19.5. The lowest BCUT2D eigenvalue weighted by atomic mass is 10.1. The molecule has 0 unspecified atom stereocenters. The molecule has 1 aliphatic heterocycles. The Balaban J connectivity index is 1.65. The largest absolute Gasteiger partial charge is 0.353 e. The number of aryl methyl sites for hydroxylation is 1. The van der Waals surface area contributed by atoms with Crippen LogP contribution in [-0.4, -0.2) is 25.4 Å². The van der Waals surface area contributed by atoms with Gasteiger partial charge in [0.15, 0.2) is 0 Å². The van der Waals surface area contributed by atoms with Crippen molar-refractivity contribution in [1.29, 1.82) is 0 Å². The van der Waals surface area contributed by atoms with E-state index in [0.29, 0.717) is 18.2 Å². The molecule has 0 radical (unpaired) electrons. The fraction of sp³-hybridized carbons (Fsp3) is 0.333. The van der Waals surface area contributed by atoms with Gasteiger partial charge in [-0.05, 0) is 59.6 Å². The number of likely N-dealkylation sites (tertiary alicyclic amines) is 1. The monoisotopic (exact) mass is 386 g/mol. The Kier molecular flexibility index (Phi) is 4.02. The lowest BCUT2D eigenvalue weighted by Gasteiger charge is -2.24. The van der Waals surface area contributed by atoms with Crippen LogP contribution < -0.4 is 5.56 Å². The zero-order chi connectivity index (χ0) is 16.7. The van der Waals surface area contributed by atoms with E-state index in [1.54, 1.807) is 16.7 Å². The van der Waals surface area contributed by atoms with E-state index in [1.807, 2.05) is 12.1 Å². The van der Waals surface area contributed by atoms with E-state index in [9.17, 15) is 4.79 Å². The van der Waals surface area contributed by atoms with E-state index in [4.69, 9.17) is 0 Å². The smallest absolute Gasteiger partial charge is 0.258 e. The van der Waals surface area contributed by atoms with E-state index in [-0.39, 0.29) is 5.56 Å². The number of hydrogen-bond donors (Lipinski definition) is 0. The average molecular weight is 387 g/mol. The van der Waals surface area contributed by atoms with Crippen LogP contribution in [0.5, 0.6) is 0 Å². The minimum atomic E-state index is -0.0362. The first-order chi connectivity index (χ1) is 11.6. The predicted octanol–water partition coefficient (Wildman–Crippen LogP) is 3.13. The molecule has 0 amide bonds. The SMILES string of the molecule is Cn1cccc1[C@H]1CCCN1Cc1cc(=O)n2cc(Br)ccc2n1. The normalized spacial score (nSPS) is 18.5. The second-order valence-corrected chi connectivity index (χ2v) is 7.25. The molecule has 124 valence electrons. The van der Waals surface area contributed by atoms with E-state index < -0.39 is 0 Å². The van der Waals surface area contributed by atoms with Crippen molar-refractivity contribution in [2.45, 2.75) is 25.4 Å². The van der Waals surface area contributed by atoms with Crippen LogP contribution in [0.15, 0.2) is 52.0 Å². The molecule has 0 bridgehead atoms. The molecule has 0 N–H and O–H groups in total. The van der Waals surface area contributed by atoms with Crippen LogP contribution in [0.3, 0.4) is 0 Å². The third-order valence-electron chi connectivity index (χ3n) is 4.73. The molecular formula is C18H19BrN4O. The van der Waals surface area contributed by atoms with Gasteiger partial charge in [0.1, 0.15) is 5.65 Å². The molecular weight excluding hydrogens is 368 g/mol. The fourth-order valence-corrected chi connectivity index (χ4v) is 3.92. The van der Waals surface area contributed by atoms with Crippen molar-refractivity contribution in [3.8, 4) is 0 Å². The second-order valence-electron chi connectivity index (χ2n) is 6.33. The Morgan fingerprint density at radius 2 is 2.21 bits per heavy atom. The van der Waals surface area contributed by atoms with Crippen LogP contribution >= 0.6 is 15.9 Å². The van der Waals surface area contributed by atoms with Gasteiger partial charge < -0.3 is 4.57 Å². The number of halogens is 1. The zero-order valence-corrected chi connectivity index (χ0v) is 15.1. The number of hydrogen-bond acceptors (Lipinski definition) is 3. The number of nitrogens with zero attached hydrogens (tertiary/aromatic N) is 4. The van der Waals surface area contributed by atoms with Gasteiger partial charge in [-0.1, -0.05) is 0 Å². The molecule has 0 aliphatic carbocycles. The maximum atomic E-state index is 12.4. The number of rotatable bonds is 3. The quantitative estimate of drug-likeness (QED) is 0.694. The van der Waals surface area contributed by atoms with Gasteiger partial charge in [0, 0.05) is 42.2 Å². The fourth-order valence-electron chi connectivity index (χ4n) is 3.59. The Hall–Kier alpha value is -1.92. The van der Waals surface area contributed by atoms with Gasteiger partial charge in [0.05, 0.1) is 11.7 Å². The highest BCUT2D eigenvalue weighted by atomic mass is 79.9. The van der Waals surface area contributed by atoms with Crippen LogP contribution in [0.25, 0.3) is 5.65 Å². The number of aromatic nitrogens is 3. The van der Waals surface area contributed by atoms with Crippen LogP contribution in [0, 0.1) is 0 Å². The molecule has 1 fully saturated rings. The maximum Gasteiger partial charge on any atom is 0.258 e. The topological polar surface area (TPSA) is 42.5 Å². The lowest BCUT2D eigenvalue weighted by molar-refractivity contribution is 0.238. The van der Waals surface area contributed by atoms with Crippen LogP contribution in [-0.2, 0) is 13.6 Å². The molecule has 0 spiro atoms. The third-order valence-corrected chi connectivity index (χ3v) is 5.20. The summed E-state index contributed by atoms with van der Waals surface area (Å²) in [6.45, 7) is 1.74. The van der Waals surface area contributed by atoms with Crippen molar-refractivity contribution in [1.82, 2.24) is 18.9 Å². The van der Waals surface area contributed by atoms with Crippen molar-refractivity contribution >= 4 is 21.6 Å². The van der Waals surface area contributed by atoms with Gasteiger partial charge in [-0.2, -0.15) is 0 Å². The van der Waals surface area contributed by atoms with Gasteiger partial charge in [0.25, 0.3) is 5.56 Å². The van der Waals surface area contributed by atoms with Gasteiger partial charge in [0.2, 0.25) is 0 Å². The molecule has 6 heteroatoms. The highest BCUT2D eigenvalue weighted by Gasteiger charge is 2.27. The molecule has 24 heavy (non-hydrogen) atoms. The first-order valence-corrected chi connectivity index (χ1v) is 8.94. The molecule has 3 aromatic heterocycles. The van der Waals surface area contributed by atoms with E-state index in [1.165, 1.54) is 12.1 Å². The van der Waals surface area contributed by atoms with E-state index >= 15 is 0 Å². The average Bonchev–Trinajstić information content (AvgIpc) is 3.16. The molecule has 5 nitrogen and oxygen atoms in total. The van der Waals surface area contributed by atoms with Crippen LogP contribution in [0.4, 0.5) is 0 Å². The van der Waals surface area contributed by atoms with Gasteiger partial charge in [-0.3, -0.25) is 14.1 Å². The second kappa shape index (κ2) is 6.18. The third kappa shape index (κ3) is 2.80. The van der Waals surface area contributed by atoms with Gasteiger partial charge in [-0.15, -0.1) is 0 Å². The highest BCUT2D eigenvalue weighted by molar-refractivity contribution is 9.10. The summed E-state index contributed by atoms with van der Waals surface area (Å²) in [5.41, 5.74) is 2.82. The summed E-state index contributed by atoms with van der Waals surface area (Å²) < 4.78 is 4.63. The van der Waals surface area contributed by atoms with E-state index in [0.717, 1.165) is 23.1 Å². The summed E-state index contributed by atoms with van der Waals surface area (Å²) in [5, 5.41) is 0. The molecule has 0 saturated carbocycles. The van der Waals surface area contributed by atoms with Crippen molar-refractivity contribution < 1.29 is 0 Å². The molecule has 4 heterocycles. The Labute approximate surface area is 148 Å².